The molecule has 0 N–H and O–H groups in total. The number of fused-ring (bicyclic) bond motifs is 1. The molecule has 24 heavy (non-hydrogen) atoms. The second kappa shape index (κ2) is 7.57. The zero-order chi connectivity index (χ0) is 16.9. The molecule has 0 aromatic heterocycles. The Hall–Kier alpha value is -2.21. The van der Waals surface area contributed by atoms with Gasteiger partial charge in [-0.3, -0.25) is 19.3 Å². The number of carbonyl (C=O) groups is 3. The normalized spacial score (nSPS) is 17.3. The van der Waals surface area contributed by atoms with E-state index in [9.17, 15) is 14.4 Å². The van der Waals surface area contributed by atoms with Crippen molar-refractivity contribution in [2.24, 2.45) is 0 Å². The van der Waals surface area contributed by atoms with E-state index in [-0.39, 0.29) is 17.7 Å². The highest BCUT2D eigenvalue weighted by atomic mass is 16.5. The van der Waals surface area contributed by atoms with E-state index in [2.05, 4.69) is 0 Å². The second-order valence-electron chi connectivity index (χ2n) is 6.11. The minimum atomic E-state index is -0.208. The van der Waals surface area contributed by atoms with Crippen LogP contribution in [-0.2, 0) is 9.53 Å². The van der Waals surface area contributed by atoms with Crippen LogP contribution in [-0.4, -0.2) is 60.4 Å². The highest BCUT2D eigenvalue weighted by Gasteiger charge is 2.34. The first-order valence-electron chi connectivity index (χ1n) is 8.49. The third-order valence-corrected chi connectivity index (χ3v) is 4.51. The van der Waals surface area contributed by atoms with Crippen LogP contribution in [0.2, 0.25) is 0 Å². The van der Waals surface area contributed by atoms with Crippen LogP contribution < -0.4 is 0 Å². The van der Waals surface area contributed by atoms with Crippen LogP contribution in [0.1, 0.15) is 46.4 Å². The fourth-order valence-electron chi connectivity index (χ4n) is 3.14. The van der Waals surface area contributed by atoms with Crippen molar-refractivity contribution >= 4 is 17.7 Å². The molecule has 6 nitrogen and oxygen atoms in total. The Balaban J connectivity index is 1.39. The maximum Gasteiger partial charge on any atom is 0.261 e. The van der Waals surface area contributed by atoms with Gasteiger partial charge in [-0.15, -0.1) is 0 Å². The molecule has 6 heteroatoms. The number of carbonyl (C=O) groups excluding carboxylic acids is 3. The van der Waals surface area contributed by atoms with E-state index in [1.807, 2.05) is 4.90 Å². The lowest BCUT2D eigenvalue weighted by Crippen LogP contribution is -2.40. The van der Waals surface area contributed by atoms with Crippen molar-refractivity contribution < 1.29 is 19.1 Å². The molecule has 128 valence electrons. The Labute approximate surface area is 141 Å². The highest BCUT2D eigenvalue weighted by Crippen LogP contribution is 2.22. The largest absolute Gasteiger partial charge is 0.378 e. The summed E-state index contributed by atoms with van der Waals surface area (Å²) in [5, 5.41) is 0. The van der Waals surface area contributed by atoms with Crippen LogP contribution >= 0.6 is 0 Å². The summed E-state index contributed by atoms with van der Waals surface area (Å²) in [6.45, 7) is 3.00. The zero-order valence-corrected chi connectivity index (χ0v) is 13.7. The van der Waals surface area contributed by atoms with E-state index in [0.29, 0.717) is 50.4 Å². The van der Waals surface area contributed by atoms with Crippen LogP contribution in [0.15, 0.2) is 24.3 Å². The summed E-state index contributed by atoms with van der Waals surface area (Å²) in [6.07, 6.45) is 2.84. The minimum absolute atomic E-state index is 0.166. The maximum atomic E-state index is 12.2. The molecule has 1 aromatic carbocycles. The van der Waals surface area contributed by atoms with Gasteiger partial charge in [0.15, 0.2) is 0 Å². The molecule has 3 amide bonds. The van der Waals surface area contributed by atoms with Gasteiger partial charge in [0.05, 0.1) is 24.3 Å². The summed E-state index contributed by atoms with van der Waals surface area (Å²) in [5.74, 6) is -0.251. The summed E-state index contributed by atoms with van der Waals surface area (Å²) in [5.41, 5.74) is 0.981. The Morgan fingerprint density at radius 1 is 0.958 bits per heavy atom. The van der Waals surface area contributed by atoms with Crippen molar-refractivity contribution in [2.75, 3.05) is 32.8 Å². The zero-order valence-electron chi connectivity index (χ0n) is 13.7. The van der Waals surface area contributed by atoms with Gasteiger partial charge < -0.3 is 9.64 Å². The van der Waals surface area contributed by atoms with Crippen molar-refractivity contribution in [3.05, 3.63) is 35.4 Å². The number of hydrogen-bond acceptors (Lipinski definition) is 4. The van der Waals surface area contributed by atoms with Crippen LogP contribution in [0.4, 0.5) is 0 Å². The summed E-state index contributed by atoms with van der Waals surface area (Å²) < 4.78 is 5.23. The molecule has 0 saturated carbocycles. The van der Waals surface area contributed by atoms with Gasteiger partial charge >= 0.3 is 0 Å². The van der Waals surface area contributed by atoms with Gasteiger partial charge in [0.2, 0.25) is 5.91 Å². The van der Waals surface area contributed by atoms with Gasteiger partial charge in [0.1, 0.15) is 0 Å². The molecule has 2 heterocycles. The molecule has 2 aliphatic rings. The third-order valence-electron chi connectivity index (χ3n) is 4.51. The van der Waals surface area contributed by atoms with Gasteiger partial charge in [0, 0.05) is 26.1 Å². The average Bonchev–Trinajstić information content (AvgIpc) is 2.87. The van der Waals surface area contributed by atoms with Crippen LogP contribution in [0.25, 0.3) is 0 Å². The third kappa shape index (κ3) is 3.48. The number of nitrogens with zero attached hydrogens (tertiary/aromatic N) is 2. The standard InChI is InChI=1S/C18H22N2O4/c21-16(19-10-12-24-13-11-19)8-2-1-5-9-20-17(22)14-6-3-4-7-15(14)18(20)23/h3-4,6-7H,1-2,5,8-13H2. The lowest BCUT2D eigenvalue weighted by atomic mass is 10.1. The van der Waals surface area contributed by atoms with Gasteiger partial charge in [-0.2, -0.15) is 0 Å². The number of unbranched alkanes of at least 4 members (excludes halogenated alkanes) is 2. The first-order chi connectivity index (χ1) is 11.7. The number of benzene rings is 1. The molecule has 0 aliphatic carbocycles. The summed E-state index contributed by atoms with van der Waals surface area (Å²) in [6, 6.07) is 6.92. The number of ether oxygens (including phenoxy) is 1. The average molecular weight is 330 g/mol. The molecular formula is C18H22N2O4. The maximum absolute atomic E-state index is 12.2. The summed E-state index contributed by atoms with van der Waals surface area (Å²) >= 11 is 0. The minimum Gasteiger partial charge on any atom is -0.378 e. The van der Waals surface area contributed by atoms with Crippen molar-refractivity contribution in [3.63, 3.8) is 0 Å². The number of morpholine rings is 1. The van der Waals surface area contributed by atoms with Gasteiger partial charge in [-0.1, -0.05) is 18.6 Å². The van der Waals surface area contributed by atoms with E-state index in [4.69, 9.17) is 4.74 Å². The van der Waals surface area contributed by atoms with Crippen LogP contribution in [0.3, 0.4) is 0 Å². The van der Waals surface area contributed by atoms with Crippen molar-refractivity contribution in [1.29, 1.82) is 0 Å². The van der Waals surface area contributed by atoms with E-state index in [1.165, 1.54) is 4.90 Å². The molecule has 1 saturated heterocycles. The highest BCUT2D eigenvalue weighted by molar-refractivity contribution is 6.21. The van der Waals surface area contributed by atoms with Crippen LogP contribution in [0.5, 0.6) is 0 Å². The number of imide groups is 1. The Morgan fingerprint density at radius 3 is 2.21 bits per heavy atom. The fraction of sp³-hybridized carbons (Fsp3) is 0.500. The van der Waals surface area contributed by atoms with Crippen molar-refractivity contribution in [3.8, 4) is 0 Å². The fourth-order valence-corrected chi connectivity index (χ4v) is 3.14. The number of rotatable bonds is 6. The molecule has 0 unspecified atom stereocenters. The quantitative estimate of drug-likeness (QED) is 0.588. The number of hydrogen-bond donors (Lipinski definition) is 0. The SMILES string of the molecule is O=C(CCCCCN1C(=O)c2ccccc2C1=O)N1CCOCC1. The lowest BCUT2D eigenvalue weighted by molar-refractivity contribution is -0.135. The monoisotopic (exact) mass is 330 g/mol. The van der Waals surface area contributed by atoms with Gasteiger partial charge in [-0.05, 0) is 25.0 Å². The van der Waals surface area contributed by atoms with Crippen molar-refractivity contribution in [1.82, 2.24) is 9.80 Å². The Bertz CT molecular complexity index is 603. The van der Waals surface area contributed by atoms with E-state index in [0.717, 1.165) is 19.3 Å². The van der Waals surface area contributed by atoms with Crippen molar-refractivity contribution in [2.45, 2.75) is 25.7 Å². The first-order valence-corrected chi connectivity index (χ1v) is 8.49. The molecule has 0 radical (unpaired) electrons. The smallest absolute Gasteiger partial charge is 0.261 e. The molecule has 3 rings (SSSR count). The molecule has 0 bridgehead atoms. The Morgan fingerprint density at radius 2 is 1.58 bits per heavy atom. The van der Waals surface area contributed by atoms with Gasteiger partial charge in [-0.25, -0.2) is 0 Å². The molecule has 1 aromatic rings. The predicted octanol–water partition coefficient (Wildman–Crippen LogP) is 1.70. The summed E-state index contributed by atoms with van der Waals surface area (Å²) in [7, 11) is 0. The van der Waals surface area contributed by atoms with E-state index < -0.39 is 0 Å². The van der Waals surface area contributed by atoms with Crippen LogP contribution in [0, 0.1) is 0 Å². The molecule has 2 aliphatic heterocycles. The molecular weight excluding hydrogens is 308 g/mol. The molecule has 1 fully saturated rings. The molecule has 0 atom stereocenters. The second-order valence-corrected chi connectivity index (χ2v) is 6.11. The van der Waals surface area contributed by atoms with Gasteiger partial charge in [0.25, 0.3) is 11.8 Å². The van der Waals surface area contributed by atoms with E-state index >= 15 is 0 Å². The summed E-state index contributed by atoms with van der Waals surface area (Å²) in [4.78, 5) is 39.6. The number of amides is 3. The Kier molecular flexibility index (Phi) is 5.25. The lowest BCUT2D eigenvalue weighted by Gasteiger charge is -2.26. The van der Waals surface area contributed by atoms with E-state index in [1.54, 1.807) is 24.3 Å². The topological polar surface area (TPSA) is 66.9 Å². The first kappa shape index (κ1) is 16.6. The molecule has 0 spiro atoms. The predicted molar refractivity (Wildman–Crippen MR) is 87.7 cm³/mol.